The third kappa shape index (κ3) is 4.91. The average Bonchev–Trinajstić information content (AvgIpc) is 2.39. The predicted molar refractivity (Wildman–Crippen MR) is 75.7 cm³/mol. The van der Waals surface area contributed by atoms with Crippen molar-refractivity contribution >= 4 is 5.78 Å². The standard InChI is InChI=1S/C15H23NO3/c1-3-8-16(9-4-2)10-7-13(17)12-5-6-14(18)15(19)11-12/h5-6,11,18-19H,3-4,7-10H2,1-2H3. The molecular formula is C15H23NO3. The van der Waals surface area contributed by atoms with Crippen LogP contribution < -0.4 is 0 Å². The smallest absolute Gasteiger partial charge is 0.164 e. The Balaban J connectivity index is 2.56. The Labute approximate surface area is 114 Å². The lowest BCUT2D eigenvalue weighted by atomic mass is 10.1. The van der Waals surface area contributed by atoms with Crippen LogP contribution in [-0.2, 0) is 0 Å². The molecule has 0 fully saturated rings. The minimum absolute atomic E-state index is 0.00694. The molecule has 4 nitrogen and oxygen atoms in total. The molecule has 0 atom stereocenters. The average molecular weight is 265 g/mol. The first-order chi connectivity index (χ1) is 9.08. The molecule has 1 rings (SSSR count). The minimum atomic E-state index is -0.246. The Kier molecular flexibility index (Phi) is 6.36. The van der Waals surface area contributed by atoms with Crippen LogP contribution in [0.3, 0.4) is 0 Å². The Morgan fingerprint density at radius 1 is 1.05 bits per heavy atom. The van der Waals surface area contributed by atoms with Crippen LogP contribution in [0, 0.1) is 0 Å². The number of rotatable bonds is 8. The molecule has 106 valence electrons. The van der Waals surface area contributed by atoms with Crippen LogP contribution in [0.1, 0.15) is 43.5 Å². The van der Waals surface area contributed by atoms with E-state index < -0.39 is 0 Å². The molecule has 1 aromatic carbocycles. The van der Waals surface area contributed by atoms with Crippen LogP contribution in [0.4, 0.5) is 0 Å². The van der Waals surface area contributed by atoms with Gasteiger partial charge in [-0.3, -0.25) is 4.79 Å². The van der Waals surface area contributed by atoms with Crippen molar-refractivity contribution in [2.24, 2.45) is 0 Å². The molecule has 0 aromatic heterocycles. The normalized spacial score (nSPS) is 10.9. The molecule has 0 unspecified atom stereocenters. The van der Waals surface area contributed by atoms with Gasteiger partial charge in [-0.1, -0.05) is 13.8 Å². The fourth-order valence-corrected chi connectivity index (χ4v) is 2.07. The molecule has 0 spiro atoms. The summed E-state index contributed by atoms with van der Waals surface area (Å²) in [6.07, 6.45) is 2.59. The number of phenols is 2. The first-order valence-corrected chi connectivity index (χ1v) is 6.86. The predicted octanol–water partition coefficient (Wildman–Crippen LogP) is 2.79. The summed E-state index contributed by atoms with van der Waals surface area (Å²) in [5.41, 5.74) is 0.447. The van der Waals surface area contributed by atoms with Crippen LogP contribution in [0.25, 0.3) is 0 Å². The number of hydrogen-bond acceptors (Lipinski definition) is 4. The lowest BCUT2D eigenvalue weighted by Gasteiger charge is -2.20. The summed E-state index contributed by atoms with van der Waals surface area (Å²) >= 11 is 0. The molecule has 19 heavy (non-hydrogen) atoms. The number of carbonyl (C=O) groups excluding carboxylic acids is 1. The summed E-state index contributed by atoms with van der Waals surface area (Å²) in [5.74, 6) is -0.451. The van der Waals surface area contributed by atoms with Crippen LogP contribution >= 0.6 is 0 Å². The monoisotopic (exact) mass is 265 g/mol. The van der Waals surface area contributed by atoms with Crippen molar-refractivity contribution in [2.75, 3.05) is 19.6 Å². The topological polar surface area (TPSA) is 60.8 Å². The SMILES string of the molecule is CCCN(CCC)CCC(=O)c1ccc(O)c(O)c1. The summed E-state index contributed by atoms with van der Waals surface area (Å²) in [4.78, 5) is 14.3. The number of benzene rings is 1. The van der Waals surface area contributed by atoms with Gasteiger partial charge in [0, 0.05) is 18.5 Å². The second-order valence-corrected chi connectivity index (χ2v) is 4.72. The van der Waals surface area contributed by atoms with Crippen molar-refractivity contribution in [3.63, 3.8) is 0 Å². The van der Waals surface area contributed by atoms with Gasteiger partial charge < -0.3 is 15.1 Å². The molecule has 4 heteroatoms. The number of nitrogens with zero attached hydrogens (tertiary/aromatic N) is 1. The van der Waals surface area contributed by atoms with E-state index in [2.05, 4.69) is 18.7 Å². The third-order valence-electron chi connectivity index (χ3n) is 3.03. The maximum absolute atomic E-state index is 12.0. The van der Waals surface area contributed by atoms with E-state index in [1.54, 1.807) is 6.07 Å². The number of aromatic hydroxyl groups is 2. The van der Waals surface area contributed by atoms with Crippen LogP contribution in [0.15, 0.2) is 18.2 Å². The van der Waals surface area contributed by atoms with Gasteiger partial charge in [-0.2, -0.15) is 0 Å². The lowest BCUT2D eigenvalue weighted by Crippen LogP contribution is -2.28. The molecule has 0 saturated heterocycles. The van der Waals surface area contributed by atoms with E-state index in [-0.39, 0.29) is 17.3 Å². The fourth-order valence-electron chi connectivity index (χ4n) is 2.07. The molecule has 0 saturated carbocycles. The quantitative estimate of drug-likeness (QED) is 0.560. The van der Waals surface area contributed by atoms with E-state index in [1.165, 1.54) is 12.1 Å². The molecule has 0 heterocycles. The number of Topliss-reactive ketones (excluding diaryl/α,β-unsaturated/α-hetero) is 1. The molecule has 0 aliphatic heterocycles. The van der Waals surface area contributed by atoms with E-state index in [0.29, 0.717) is 12.0 Å². The molecule has 0 aliphatic rings. The van der Waals surface area contributed by atoms with E-state index in [0.717, 1.165) is 32.5 Å². The number of ketones is 1. The summed E-state index contributed by atoms with van der Waals surface area (Å²) in [6, 6.07) is 4.21. The summed E-state index contributed by atoms with van der Waals surface area (Å²) < 4.78 is 0. The van der Waals surface area contributed by atoms with Gasteiger partial charge in [-0.15, -0.1) is 0 Å². The van der Waals surface area contributed by atoms with Gasteiger partial charge in [-0.05, 0) is 44.1 Å². The highest BCUT2D eigenvalue weighted by Gasteiger charge is 2.11. The maximum atomic E-state index is 12.0. The van der Waals surface area contributed by atoms with E-state index in [1.807, 2.05) is 0 Å². The van der Waals surface area contributed by atoms with Gasteiger partial charge in [0.25, 0.3) is 0 Å². The highest BCUT2D eigenvalue weighted by atomic mass is 16.3. The summed E-state index contributed by atoms with van der Waals surface area (Å²) in [7, 11) is 0. The number of hydrogen-bond donors (Lipinski definition) is 2. The Morgan fingerprint density at radius 2 is 1.68 bits per heavy atom. The van der Waals surface area contributed by atoms with Crippen molar-refractivity contribution in [1.29, 1.82) is 0 Å². The zero-order chi connectivity index (χ0) is 14.3. The fraction of sp³-hybridized carbons (Fsp3) is 0.533. The molecule has 0 amide bonds. The highest BCUT2D eigenvalue weighted by Crippen LogP contribution is 2.25. The summed E-state index contributed by atoms with van der Waals surface area (Å²) in [6.45, 7) is 7.00. The molecule has 2 N–H and O–H groups in total. The van der Waals surface area contributed by atoms with Crippen LogP contribution in [0.5, 0.6) is 11.5 Å². The van der Waals surface area contributed by atoms with Crippen LogP contribution in [-0.4, -0.2) is 40.5 Å². The molecule has 1 aromatic rings. The van der Waals surface area contributed by atoms with Crippen molar-refractivity contribution < 1.29 is 15.0 Å². The van der Waals surface area contributed by atoms with E-state index in [4.69, 9.17) is 0 Å². The second kappa shape index (κ2) is 7.79. The van der Waals surface area contributed by atoms with Crippen molar-refractivity contribution in [3.05, 3.63) is 23.8 Å². The Morgan fingerprint density at radius 3 is 2.21 bits per heavy atom. The first-order valence-electron chi connectivity index (χ1n) is 6.86. The van der Waals surface area contributed by atoms with Crippen molar-refractivity contribution in [1.82, 2.24) is 4.90 Å². The summed E-state index contributed by atoms with van der Waals surface area (Å²) in [5, 5.41) is 18.6. The Bertz CT molecular complexity index is 412. The van der Waals surface area contributed by atoms with E-state index >= 15 is 0 Å². The molecule has 0 aliphatic carbocycles. The van der Waals surface area contributed by atoms with E-state index in [9.17, 15) is 15.0 Å². The third-order valence-corrected chi connectivity index (χ3v) is 3.03. The van der Waals surface area contributed by atoms with Gasteiger partial charge in [0.15, 0.2) is 17.3 Å². The molecular weight excluding hydrogens is 242 g/mol. The largest absolute Gasteiger partial charge is 0.504 e. The number of carbonyl (C=O) groups is 1. The lowest BCUT2D eigenvalue weighted by molar-refractivity contribution is 0.0963. The maximum Gasteiger partial charge on any atom is 0.164 e. The molecule has 0 bridgehead atoms. The van der Waals surface area contributed by atoms with Gasteiger partial charge >= 0.3 is 0 Å². The van der Waals surface area contributed by atoms with Gasteiger partial charge in [0.05, 0.1) is 0 Å². The zero-order valence-electron chi connectivity index (χ0n) is 11.7. The Hall–Kier alpha value is -1.55. The first kappa shape index (κ1) is 15.5. The van der Waals surface area contributed by atoms with Gasteiger partial charge in [0.2, 0.25) is 0 Å². The van der Waals surface area contributed by atoms with Crippen LogP contribution in [0.2, 0.25) is 0 Å². The van der Waals surface area contributed by atoms with Crippen molar-refractivity contribution in [2.45, 2.75) is 33.1 Å². The van der Waals surface area contributed by atoms with Crippen molar-refractivity contribution in [3.8, 4) is 11.5 Å². The molecule has 0 radical (unpaired) electrons. The second-order valence-electron chi connectivity index (χ2n) is 4.72. The van der Waals surface area contributed by atoms with Gasteiger partial charge in [0.1, 0.15) is 0 Å². The minimum Gasteiger partial charge on any atom is -0.504 e. The van der Waals surface area contributed by atoms with Gasteiger partial charge in [-0.25, -0.2) is 0 Å². The highest BCUT2D eigenvalue weighted by molar-refractivity contribution is 5.96. The zero-order valence-corrected chi connectivity index (χ0v) is 11.7. The number of phenolic OH excluding ortho intramolecular Hbond substituents is 2.